The highest BCUT2D eigenvalue weighted by Crippen LogP contribution is 2.45. The molecule has 2 atom stereocenters. The normalized spacial score (nSPS) is 29.7. The summed E-state index contributed by atoms with van der Waals surface area (Å²) in [6, 6.07) is 8.24. The summed E-state index contributed by atoms with van der Waals surface area (Å²) in [5, 5.41) is 3.51. The lowest BCUT2D eigenvalue weighted by atomic mass is 9.65. The molecule has 1 aliphatic carbocycles. The van der Waals surface area contributed by atoms with Gasteiger partial charge in [0, 0.05) is 30.7 Å². The van der Waals surface area contributed by atoms with Crippen LogP contribution in [0.1, 0.15) is 63.9 Å². The molecule has 1 amide bonds. The molecule has 5 nitrogen and oxygen atoms in total. The van der Waals surface area contributed by atoms with Crippen molar-refractivity contribution in [2.75, 3.05) is 34.9 Å². The Morgan fingerprint density at radius 3 is 2.32 bits per heavy atom. The van der Waals surface area contributed by atoms with Gasteiger partial charge in [0.25, 0.3) is 0 Å². The van der Waals surface area contributed by atoms with E-state index in [1.807, 2.05) is 12.1 Å². The maximum Gasteiger partial charge on any atom is 0.223 e. The Kier molecular flexibility index (Phi) is 8.03. The summed E-state index contributed by atoms with van der Waals surface area (Å²) in [7, 11) is 7.89. The van der Waals surface area contributed by atoms with Gasteiger partial charge in [-0.3, -0.25) is 4.79 Å². The molecule has 1 aromatic carbocycles. The van der Waals surface area contributed by atoms with E-state index in [1.54, 1.807) is 14.2 Å². The number of methoxy groups -OCH3 is 2. The summed E-state index contributed by atoms with van der Waals surface area (Å²) >= 11 is 0. The zero-order valence-corrected chi connectivity index (χ0v) is 20.2. The lowest BCUT2D eigenvalue weighted by molar-refractivity contribution is -0.133. The number of benzene rings is 1. The van der Waals surface area contributed by atoms with Crippen LogP contribution in [0, 0.1) is 11.8 Å². The van der Waals surface area contributed by atoms with Crippen LogP contribution in [0.25, 0.3) is 0 Å². The third-order valence-electron chi connectivity index (χ3n) is 8.14. The maximum absolute atomic E-state index is 13.1. The minimum absolute atomic E-state index is 0.00812. The topological polar surface area (TPSA) is 50.8 Å². The number of ether oxygens (including phenoxy) is 2. The largest absolute Gasteiger partial charge is 0.497 e. The molecular weight excluding hydrogens is 388 g/mol. The van der Waals surface area contributed by atoms with Crippen molar-refractivity contribution in [3.8, 4) is 5.75 Å². The second-order valence-electron chi connectivity index (χ2n) is 10.2. The molecule has 0 radical (unpaired) electrons. The van der Waals surface area contributed by atoms with Gasteiger partial charge in [-0.15, -0.1) is 0 Å². The van der Waals surface area contributed by atoms with Crippen molar-refractivity contribution in [1.82, 2.24) is 10.2 Å². The van der Waals surface area contributed by atoms with Gasteiger partial charge < -0.3 is 19.7 Å². The molecule has 0 bridgehead atoms. The van der Waals surface area contributed by atoms with Gasteiger partial charge in [-0.2, -0.15) is 0 Å². The molecule has 1 spiro atoms. The minimum atomic E-state index is 0.00812. The summed E-state index contributed by atoms with van der Waals surface area (Å²) in [6.07, 6.45) is 9.77. The highest BCUT2D eigenvalue weighted by atomic mass is 16.5. The van der Waals surface area contributed by atoms with Gasteiger partial charge in [0.05, 0.1) is 7.11 Å². The van der Waals surface area contributed by atoms with Crippen LogP contribution in [0.2, 0.25) is 0 Å². The van der Waals surface area contributed by atoms with Crippen molar-refractivity contribution in [3.05, 3.63) is 29.8 Å². The van der Waals surface area contributed by atoms with Gasteiger partial charge in [0.2, 0.25) is 5.91 Å². The lowest BCUT2D eigenvalue weighted by Gasteiger charge is -2.52. The van der Waals surface area contributed by atoms with Crippen LogP contribution >= 0.6 is 0 Å². The number of rotatable bonds is 9. The monoisotopic (exact) mass is 430 g/mol. The molecule has 5 heteroatoms. The third kappa shape index (κ3) is 5.61. The standard InChI is InChI=1S/C26H42N2O3/c1-20(19-21-7-9-22(31-5)10-8-21)23-11-13-25(27-24(23)29)14-16-26(17-15-25,28(2)3)12-6-18-30-4/h7-10,20,23H,6,11-19H2,1-5H3,(H,27,29)/t20?,23?,25-,26+. The van der Waals surface area contributed by atoms with E-state index in [2.05, 4.69) is 43.4 Å². The number of nitrogens with one attached hydrogen (secondary N) is 1. The second-order valence-corrected chi connectivity index (χ2v) is 10.2. The molecule has 1 N–H and O–H groups in total. The van der Waals surface area contributed by atoms with Crippen LogP contribution < -0.4 is 10.1 Å². The smallest absolute Gasteiger partial charge is 0.223 e. The van der Waals surface area contributed by atoms with Gasteiger partial charge >= 0.3 is 0 Å². The first kappa shape index (κ1) is 24.1. The zero-order chi connectivity index (χ0) is 22.5. The van der Waals surface area contributed by atoms with Crippen LogP contribution in [0.4, 0.5) is 0 Å². The average Bonchev–Trinajstić information content (AvgIpc) is 2.76. The minimum Gasteiger partial charge on any atom is -0.497 e. The van der Waals surface area contributed by atoms with Crippen LogP contribution in [0.5, 0.6) is 5.75 Å². The first-order valence-electron chi connectivity index (χ1n) is 11.9. The molecule has 2 unspecified atom stereocenters. The first-order valence-corrected chi connectivity index (χ1v) is 11.9. The molecular formula is C26H42N2O3. The van der Waals surface area contributed by atoms with Crippen molar-refractivity contribution in [1.29, 1.82) is 0 Å². The van der Waals surface area contributed by atoms with E-state index in [9.17, 15) is 4.79 Å². The Hall–Kier alpha value is -1.59. The van der Waals surface area contributed by atoms with Gasteiger partial charge in [0.15, 0.2) is 0 Å². The molecule has 2 aliphatic rings. The number of nitrogens with zero attached hydrogens (tertiary/aromatic N) is 1. The quantitative estimate of drug-likeness (QED) is 0.589. The predicted octanol–water partition coefficient (Wildman–Crippen LogP) is 4.44. The Labute approximate surface area is 188 Å². The molecule has 1 aliphatic heterocycles. The fourth-order valence-electron chi connectivity index (χ4n) is 5.83. The fourth-order valence-corrected chi connectivity index (χ4v) is 5.83. The van der Waals surface area contributed by atoms with E-state index in [0.717, 1.165) is 63.7 Å². The number of carbonyl (C=O) groups is 1. The molecule has 1 heterocycles. The highest BCUT2D eigenvalue weighted by molar-refractivity contribution is 5.80. The third-order valence-corrected chi connectivity index (χ3v) is 8.14. The number of carbonyl (C=O) groups excluding carboxylic acids is 1. The SMILES string of the molecule is COCCC[C@]1(N(C)C)CC[C@]2(CCC(C(C)Cc3ccc(OC)cc3)C(=O)N2)CC1. The van der Waals surface area contributed by atoms with Crippen molar-refractivity contribution in [2.24, 2.45) is 11.8 Å². The Morgan fingerprint density at radius 2 is 1.77 bits per heavy atom. The summed E-state index contributed by atoms with van der Waals surface area (Å²) in [5.74, 6) is 1.59. The average molecular weight is 431 g/mol. The van der Waals surface area contributed by atoms with Crippen molar-refractivity contribution >= 4 is 5.91 Å². The Balaban J connectivity index is 1.56. The second kappa shape index (κ2) is 10.4. The van der Waals surface area contributed by atoms with Crippen LogP contribution in [0.3, 0.4) is 0 Å². The van der Waals surface area contributed by atoms with E-state index in [1.165, 1.54) is 12.0 Å². The summed E-state index contributed by atoms with van der Waals surface area (Å²) in [6.45, 7) is 3.05. The molecule has 1 saturated heterocycles. The first-order chi connectivity index (χ1) is 14.8. The summed E-state index contributed by atoms with van der Waals surface area (Å²) in [5.41, 5.74) is 1.52. The number of amides is 1. The summed E-state index contributed by atoms with van der Waals surface area (Å²) in [4.78, 5) is 15.6. The summed E-state index contributed by atoms with van der Waals surface area (Å²) < 4.78 is 10.5. The predicted molar refractivity (Wildman–Crippen MR) is 125 cm³/mol. The van der Waals surface area contributed by atoms with E-state index < -0.39 is 0 Å². The van der Waals surface area contributed by atoms with Gasteiger partial charge in [-0.05, 0) is 95.5 Å². The van der Waals surface area contributed by atoms with Crippen LogP contribution in [0.15, 0.2) is 24.3 Å². The van der Waals surface area contributed by atoms with Crippen molar-refractivity contribution in [3.63, 3.8) is 0 Å². The van der Waals surface area contributed by atoms with Gasteiger partial charge in [-0.1, -0.05) is 19.1 Å². The van der Waals surface area contributed by atoms with E-state index in [-0.39, 0.29) is 22.9 Å². The fraction of sp³-hybridized carbons (Fsp3) is 0.731. The van der Waals surface area contributed by atoms with Gasteiger partial charge in [0.1, 0.15) is 5.75 Å². The van der Waals surface area contributed by atoms with E-state index in [4.69, 9.17) is 9.47 Å². The number of piperidine rings is 1. The van der Waals surface area contributed by atoms with E-state index in [0.29, 0.717) is 5.92 Å². The zero-order valence-electron chi connectivity index (χ0n) is 20.2. The van der Waals surface area contributed by atoms with Crippen LogP contribution in [-0.2, 0) is 16.0 Å². The van der Waals surface area contributed by atoms with Gasteiger partial charge in [-0.25, -0.2) is 0 Å². The molecule has 1 aromatic rings. The van der Waals surface area contributed by atoms with Crippen molar-refractivity contribution < 1.29 is 14.3 Å². The molecule has 0 aromatic heterocycles. The highest BCUT2D eigenvalue weighted by Gasteiger charge is 2.47. The molecule has 31 heavy (non-hydrogen) atoms. The van der Waals surface area contributed by atoms with Crippen molar-refractivity contribution in [2.45, 2.75) is 75.8 Å². The molecule has 174 valence electrons. The number of hydrogen-bond donors (Lipinski definition) is 1. The van der Waals surface area contributed by atoms with Crippen LogP contribution in [-0.4, -0.2) is 56.8 Å². The Morgan fingerprint density at radius 1 is 1.10 bits per heavy atom. The van der Waals surface area contributed by atoms with E-state index >= 15 is 0 Å². The molecule has 3 rings (SSSR count). The number of hydrogen-bond acceptors (Lipinski definition) is 4. The lowest BCUT2D eigenvalue weighted by Crippen LogP contribution is -2.61. The maximum atomic E-state index is 13.1. The molecule has 2 fully saturated rings. The molecule has 1 saturated carbocycles. The Bertz CT molecular complexity index is 708.